The predicted molar refractivity (Wildman–Crippen MR) is 164 cm³/mol. The van der Waals surface area contributed by atoms with Crippen LogP contribution in [-0.4, -0.2) is 52.3 Å². The number of nitrogens with zero attached hydrogens (tertiary/aromatic N) is 1. The molecule has 2 aliphatic heterocycles. The van der Waals surface area contributed by atoms with Gasteiger partial charge in [0.15, 0.2) is 0 Å². The number of amides is 2. The summed E-state index contributed by atoms with van der Waals surface area (Å²) >= 11 is 0. The van der Waals surface area contributed by atoms with Gasteiger partial charge in [-0.25, -0.2) is 0 Å². The van der Waals surface area contributed by atoms with Gasteiger partial charge < -0.3 is 24.8 Å². The Morgan fingerprint density at radius 1 is 1.10 bits per heavy atom. The second-order valence-electron chi connectivity index (χ2n) is 12.1. The van der Waals surface area contributed by atoms with E-state index < -0.39 is 26.1 Å². The summed E-state index contributed by atoms with van der Waals surface area (Å²) in [6.45, 7) is 6.31. The van der Waals surface area contributed by atoms with E-state index in [4.69, 9.17) is 4.65 Å². The van der Waals surface area contributed by atoms with E-state index >= 15 is 0 Å². The fraction of sp³-hybridized carbons (Fsp3) is 0.438. The normalized spacial score (nSPS) is 24.4. The monoisotopic (exact) mass is 571 g/mol. The van der Waals surface area contributed by atoms with Crippen molar-refractivity contribution in [3.63, 3.8) is 0 Å². The number of carbonyl (C=O) groups is 2. The Bertz CT molecular complexity index is 1400. The van der Waals surface area contributed by atoms with Crippen LogP contribution in [0.1, 0.15) is 58.4 Å². The van der Waals surface area contributed by atoms with Gasteiger partial charge in [-0.05, 0) is 84.7 Å². The van der Waals surface area contributed by atoms with Gasteiger partial charge >= 0.3 is 14.2 Å². The minimum atomic E-state index is -1.72. The lowest BCUT2D eigenvalue weighted by Gasteiger charge is -2.44. The van der Waals surface area contributed by atoms with Gasteiger partial charge in [-0.1, -0.05) is 68.7 Å². The second-order valence-corrected chi connectivity index (χ2v) is 12.1. The summed E-state index contributed by atoms with van der Waals surface area (Å²) in [5, 5.41) is 40.1. The van der Waals surface area contributed by atoms with Crippen LogP contribution in [0.5, 0.6) is 5.75 Å². The van der Waals surface area contributed by atoms with E-state index in [9.17, 15) is 29.8 Å². The molecule has 0 radical (unpaired) electrons. The molecule has 2 saturated heterocycles. The smallest absolute Gasteiger partial charge is 0.488 e. The van der Waals surface area contributed by atoms with E-state index in [1.165, 1.54) is 22.6 Å². The molecule has 1 aliphatic carbocycles. The maximum Gasteiger partial charge on any atom is 0.488 e. The molecule has 42 heavy (non-hydrogen) atoms. The Morgan fingerprint density at radius 3 is 2.55 bits per heavy atom. The number of carbonyl (C=O) groups excluding carboxylic acids is 2. The lowest BCUT2D eigenvalue weighted by molar-refractivity contribution is -0.122. The lowest BCUT2D eigenvalue weighted by Crippen LogP contribution is -2.46. The summed E-state index contributed by atoms with van der Waals surface area (Å²) in [6.07, 6.45) is 5.62. The van der Waals surface area contributed by atoms with Gasteiger partial charge in [-0.15, -0.1) is 0 Å². The van der Waals surface area contributed by atoms with E-state index in [0.29, 0.717) is 18.5 Å². The van der Waals surface area contributed by atoms with Crippen molar-refractivity contribution in [3.05, 3.63) is 70.8 Å². The largest absolute Gasteiger partial charge is 0.508 e. The Kier molecular flexibility index (Phi) is 9.08. The van der Waals surface area contributed by atoms with Crippen molar-refractivity contribution >= 4 is 43.3 Å². The molecule has 0 unspecified atom stereocenters. The molecule has 8 nitrogen and oxygen atoms in total. The van der Waals surface area contributed by atoms with Crippen molar-refractivity contribution in [2.45, 2.75) is 65.3 Å². The Hall–Kier alpha value is -3.17. The number of aromatic hydroxyl groups is 1. The number of fused-ring (bicyclic) bond motifs is 3. The summed E-state index contributed by atoms with van der Waals surface area (Å²) in [6, 6.07) is 13.4. The molecular weight excluding hydrogens is 532 g/mol. The Balaban J connectivity index is 1.45. The zero-order valence-electron chi connectivity index (χ0n) is 24.4. The molecule has 0 aromatic heterocycles. The Morgan fingerprint density at radius 2 is 1.86 bits per heavy atom. The molecule has 220 valence electrons. The van der Waals surface area contributed by atoms with Crippen molar-refractivity contribution in [2.75, 3.05) is 4.90 Å². The number of phenols is 1. The highest BCUT2D eigenvalue weighted by molar-refractivity contribution is 6.58. The molecule has 0 saturated carbocycles. The number of hydrogen-bond acceptors (Lipinski definition) is 7. The third kappa shape index (κ3) is 5.99. The predicted octanol–water partition coefficient (Wildman–Crippen LogP) is 3.69. The topological polar surface area (TPSA) is 128 Å². The third-order valence-corrected chi connectivity index (χ3v) is 8.91. The van der Waals surface area contributed by atoms with Gasteiger partial charge in [0.2, 0.25) is 11.8 Å². The molecule has 10 heteroatoms. The van der Waals surface area contributed by atoms with Gasteiger partial charge in [0.25, 0.3) is 0 Å². The van der Waals surface area contributed by atoms with E-state index in [0.717, 1.165) is 36.0 Å². The molecular formula is C32H39B2NO7. The average Bonchev–Trinajstić information content (AvgIpc) is 3.20. The summed E-state index contributed by atoms with van der Waals surface area (Å²) in [5.74, 6) is -1.74. The van der Waals surface area contributed by atoms with Gasteiger partial charge in [0.1, 0.15) is 5.75 Å². The van der Waals surface area contributed by atoms with E-state index in [-0.39, 0.29) is 47.3 Å². The van der Waals surface area contributed by atoms with Crippen LogP contribution in [-0.2, 0) is 14.2 Å². The molecule has 2 aromatic carbocycles. The summed E-state index contributed by atoms with van der Waals surface area (Å²) in [5.41, 5.74) is 4.84. The van der Waals surface area contributed by atoms with Gasteiger partial charge in [0.05, 0.1) is 23.6 Å². The molecule has 4 N–H and O–H groups in total. The summed E-state index contributed by atoms with van der Waals surface area (Å²) in [7, 11) is -2.77. The second kappa shape index (κ2) is 12.6. The van der Waals surface area contributed by atoms with Crippen molar-refractivity contribution in [1.29, 1.82) is 0 Å². The van der Waals surface area contributed by atoms with Crippen LogP contribution < -0.4 is 10.4 Å². The minimum Gasteiger partial charge on any atom is -0.508 e. The average molecular weight is 571 g/mol. The van der Waals surface area contributed by atoms with Gasteiger partial charge in [-0.3, -0.25) is 14.5 Å². The van der Waals surface area contributed by atoms with Crippen molar-refractivity contribution in [1.82, 2.24) is 0 Å². The van der Waals surface area contributed by atoms with Crippen molar-refractivity contribution in [3.8, 4) is 5.75 Å². The standard InChI is InChI=1S/C32H39B2NO7/c1-4-7-20(14-21-8-5-11-24(36)15-21)12-13-28-29-25(19(2)3)17-26-30(27(29)18-33(39)42-28)32(38)35(31(26)37)23-10-6-9-22(16-23)34(40)41/h5-6,8-11,14-16,19,26-28,30,36,39-41H,4,7,12-13,17-18H2,1-3H3/b20-14+/t26-,27+,28-,30-/m1/s1. The third-order valence-electron chi connectivity index (χ3n) is 8.91. The zero-order chi connectivity index (χ0) is 30.1. The summed E-state index contributed by atoms with van der Waals surface area (Å²) < 4.78 is 6.16. The molecule has 0 spiro atoms. The van der Waals surface area contributed by atoms with E-state index in [2.05, 4.69) is 26.8 Å². The quantitative estimate of drug-likeness (QED) is 0.206. The molecule has 5 rings (SSSR count). The van der Waals surface area contributed by atoms with Gasteiger partial charge in [0, 0.05) is 0 Å². The first-order valence-electron chi connectivity index (χ1n) is 15.0. The van der Waals surface area contributed by atoms with Gasteiger partial charge in [-0.2, -0.15) is 0 Å². The van der Waals surface area contributed by atoms with Crippen LogP contribution in [0.25, 0.3) is 6.08 Å². The maximum absolute atomic E-state index is 14.0. The fourth-order valence-electron chi connectivity index (χ4n) is 7.09. The first-order chi connectivity index (χ1) is 20.1. The first kappa shape index (κ1) is 30.3. The number of phenolic OH excluding ortho intramolecular Hbond substituents is 1. The van der Waals surface area contributed by atoms with Crippen molar-refractivity contribution in [2.24, 2.45) is 23.7 Å². The molecule has 0 bridgehead atoms. The number of rotatable bonds is 9. The number of imide groups is 1. The van der Waals surface area contributed by atoms with Crippen LogP contribution >= 0.6 is 0 Å². The molecule has 2 heterocycles. The van der Waals surface area contributed by atoms with Crippen LogP contribution in [0.15, 0.2) is 65.3 Å². The van der Waals surface area contributed by atoms with Crippen molar-refractivity contribution < 1.29 is 34.4 Å². The van der Waals surface area contributed by atoms with Crippen LogP contribution in [0.4, 0.5) is 5.69 Å². The molecule has 4 atom stereocenters. The zero-order valence-corrected chi connectivity index (χ0v) is 24.4. The number of allylic oxidation sites excluding steroid dienone is 2. The van der Waals surface area contributed by atoms with Crippen LogP contribution in [0.2, 0.25) is 6.32 Å². The van der Waals surface area contributed by atoms with E-state index in [1.54, 1.807) is 24.3 Å². The number of hydrogen-bond donors (Lipinski definition) is 4. The summed E-state index contributed by atoms with van der Waals surface area (Å²) in [4.78, 5) is 28.9. The maximum atomic E-state index is 14.0. The fourth-order valence-corrected chi connectivity index (χ4v) is 7.09. The SMILES string of the molecule is CCC/C(=C\c1cccc(O)c1)CC[C@H]1OB(O)C[C@H]2C1=C(C(C)C)C[C@H]1C(=O)N(c3cccc(B(O)O)c3)C(=O)[C@H]12. The molecule has 2 amide bonds. The Labute approximate surface area is 248 Å². The number of benzene rings is 2. The molecule has 3 aliphatic rings. The minimum absolute atomic E-state index is 0.132. The highest BCUT2D eigenvalue weighted by Gasteiger charge is 2.57. The van der Waals surface area contributed by atoms with Crippen LogP contribution in [0.3, 0.4) is 0 Å². The highest BCUT2D eigenvalue weighted by atomic mass is 16.5. The first-order valence-corrected chi connectivity index (χ1v) is 15.0. The van der Waals surface area contributed by atoms with Crippen LogP contribution in [0, 0.1) is 23.7 Å². The number of anilines is 1. The van der Waals surface area contributed by atoms with E-state index in [1.807, 2.05) is 12.1 Å². The molecule has 2 fully saturated rings. The molecule has 2 aromatic rings. The lowest BCUT2D eigenvalue weighted by atomic mass is 9.57. The highest BCUT2D eigenvalue weighted by Crippen LogP contribution is 2.52.